The molecule has 0 unspecified atom stereocenters. The summed E-state index contributed by atoms with van der Waals surface area (Å²) in [6.45, 7) is 1.85. The fraction of sp³-hybridized carbons (Fsp3) is 0.0625. The predicted molar refractivity (Wildman–Crippen MR) is 73.6 cm³/mol. The average molecular weight is 418 g/mol. The Morgan fingerprint density at radius 2 is 1.84 bits per heavy atom. The van der Waals surface area contributed by atoms with Crippen molar-refractivity contribution in [2.45, 2.75) is 6.92 Å². The number of hydrogen-bond acceptors (Lipinski definition) is 1. The van der Waals surface area contributed by atoms with Gasteiger partial charge in [-0.15, -0.1) is 11.5 Å². The summed E-state index contributed by atoms with van der Waals surface area (Å²) in [5.41, 5.74) is 3.61. The van der Waals surface area contributed by atoms with Crippen molar-refractivity contribution >= 4 is 10.9 Å². The van der Waals surface area contributed by atoms with E-state index in [4.69, 9.17) is 0 Å². The molecular formula is C16H12NOW+. The van der Waals surface area contributed by atoms with Crippen LogP contribution in [0.3, 0.4) is 0 Å². The normalized spacial score (nSPS) is 10.2. The van der Waals surface area contributed by atoms with Crippen molar-refractivity contribution in [3.8, 4) is 11.1 Å². The van der Waals surface area contributed by atoms with Gasteiger partial charge in [-0.3, -0.25) is 4.79 Å². The van der Waals surface area contributed by atoms with Crippen LogP contribution in [-0.4, -0.2) is 4.98 Å². The fourth-order valence-electron chi connectivity index (χ4n) is 2.25. The third kappa shape index (κ3) is 2.41. The van der Waals surface area contributed by atoms with Crippen molar-refractivity contribution in [1.29, 1.82) is 0 Å². The third-order valence-corrected chi connectivity index (χ3v) is 3.16. The molecule has 19 heavy (non-hydrogen) atoms. The van der Waals surface area contributed by atoms with E-state index in [0.717, 1.165) is 27.6 Å². The first-order valence-corrected chi connectivity index (χ1v) is 5.85. The Kier molecular flexibility index (Phi) is 4.01. The topological polar surface area (TPSA) is 32.9 Å². The maximum Gasteiger partial charge on any atom is 2.00 e. The van der Waals surface area contributed by atoms with Gasteiger partial charge >= 0.3 is 21.1 Å². The first-order chi connectivity index (χ1) is 8.77. The van der Waals surface area contributed by atoms with Gasteiger partial charge < -0.3 is 4.98 Å². The number of nitrogens with one attached hydrogen (secondary N) is 1. The summed E-state index contributed by atoms with van der Waals surface area (Å²) in [4.78, 5) is 14.9. The van der Waals surface area contributed by atoms with Gasteiger partial charge in [-0.05, 0) is 12.5 Å². The Morgan fingerprint density at radius 3 is 2.58 bits per heavy atom. The molecule has 0 amide bonds. The summed E-state index contributed by atoms with van der Waals surface area (Å²) >= 11 is 0. The molecule has 0 radical (unpaired) electrons. The number of pyridine rings is 1. The Labute approximate surface area is 125 Å². The molecule has 3 rings (SSSR count). The number of benzene rings is 2. The zero-order valence-corrected chi connectivity index (χ0v) is 13.4. The van der Waals surface area contributed by atoms with Gasteiger partial charge in [-0.2, -0.15) is 18.2 Å². The number of fused-ring (bicyclic) bond motifs is 1. The molecule has 0 saturated heterocycles. The van der Waals surface area contributed by atoms with E-state index in [1.807, 2.05) is 55.5 Å². The van der Waals surface area contributed by atoms with Crippen molar-refractivity contribution in [2.75, 3.05) is 0 Å². The van der Waals surface area contributed by atoms with Crippen molar-refractivity contribution < 1.29 is 21.1 Å². The van der Waals surface area contributed by atoms with Crippen molar-refractivity contribution in [3.63, 3.8) is 0 Å². The standard InChI is InChI=1S/C16H12NO.W/c1-11-15(12-7-3-2-4-8-12)13-9-5-6-10-14(13)17-16(11)18;/h2-4,6-10H,1H3,(H,17,18);/q-1;+2. The molecule has 1 heterocycles. The zero-order valence-electron chi connectivity index (χ0n) is 10.4. The molecule has 3 aromatic rings. The smallest absolute Gasteiger partial charge is 0.345 e. The van der Waals surface area contributed by atoms with Gasteiger partial charge in [0.2, 0.25) is 5.56 Å². The average Bonchev–Trinajstić information content (AvgIpc) is 2.41. The SMILES string of the molecule is Cc1c(-c2ccccc2)c2c[c-]ccc2[nH]c1=O.[W+2]. The van der Waals surface area contributed by atoms with Crippen LogP contribution in [0.25, 0.3) is 22.0 Å². The number of hydrogen-bond donors (Lipinski definition) is 1. The summed E-state index contributed by atoms with van der Waals surface area (Å²) in [5.74, 6) is 0. The molecule has 92 valence electrons. The quantitative estimate of drug-likeness (QED) is 0.605. The molecule has 0 fully saturated rings. The van der Waals surface area contributed by atoms with Gasteiger partial charge in [0, 0.05) is 5.56 Å². The summed E-state index contributed by atoms with van der Waals surface area (Å²) in [6.07, 6.45) is 0. The van der Waals surface area contributed by atoms with E-state index < -0.39 is 0 Å². The minimum absolute atomic E-state index is 0. The second-order valence-electron chi connectivity index (χ2n) is 4.29. The predicted octanol–water partition coefficient (Wildman–Crippen LogP) is 3.30. The van der Waals surface area contributed by atoms with Gasteiger partial charge in [0.15, 0.2) is 0 Å². The molecule has 1 N–H and O–H groups in total. The molecule has 0 saturated carbocycles. The maximum absolute atomic E-state index is 12.0. The van der Waals surface area contributed by atoms with Crippen molar-refractivity contribution in [3.05, 3.63) is 70.5 Å². The molecule has 1 aromatic heterocycles. The fourth-order valence-corrected chi connectivity index (χ4v) is 2.25. The molecule has 0 atom stereocenters. The molecule has 0 spiro atoms. The number of aromatic amines is 1. The maximum atomic E-state index is 12.0. The zero-order chi connectivity index (χ0) is 12.5. The monoisotopic (exact) mass is 418 g/mol. The van der Waals surface area contributed by atoms with Crippen LogP contribution in [-0.2, 0) is 21.1 Å². The summed E-state index contributed by atoms with van der Waals surface area (Å²) in [6, 6.07) is 18.7. The Morgan fingerprint density at radius 1 is 1.11 bits per heavy atom. The van der Waals surface area contributed by atoms with E-state index in [0.29, 0.717) is 0 Å². The largest absolute Gasteiger partial charge is 2.00 e. The molecule has 0 aliphatic heterocycles. The third-order valence-electron chi connectivity index (χ3n) is 3.16. The van der Waals surface area contributed by atoms with Crippen LogP contribution >= 0.6 is 0 Å². The van der Waals surface area contributed by atoms with Crippen LogP contribution < -0.4 is 5.56 Å². The molecule has 0 bridgehead atoms. The van der Waals surface area contributed by atoms with Crippen LogP contribution in [0.2, 0.25) is 0 Å². The van der Waals surface area contributed by atoms with Crippen LogP contribution in [0, 0.1) is 13.0 Å². The number of aromatic nitrogens is 1. The van der Waals surface area contributed by atoms with Gasteiger partial charge in [0.1, 0.15) is 0 Å². The van der Waals surface area contributed by atoms with Crippen LogP contribution in [0.5, 0.6) is 0 Å². The Bertz CT molecular complexity index is 763. The second-order valence-corrected chi connectivity index (χ2v) is 4.29. The molecule has 0 aliphatic carbocycles. The molecule has 2 aromatic carbocycles. The van der Waals surface area contributed by atoms with Gasteiger partial charge in [-0.1, -0.05) is 41.4 Å². The van der Waals surface area contributed by atoms with E-state index in [2.05, 4.69) is 11.1 Å². The van der Waals surface area contributed by atoms with Gasteiger partial charge in [0.05, 0.1) is 0 Å². The number of H-pyrrole nitrogens is 1. The van der Waals surface area contributed by atoms with Crippen LogP contribution in [0.15, 0.2) is 53.3 Å². The Hall–Kier alpha value is -1.66. The number of rotatable bonds is 1. The van der Waals surface area contributed by atoms with E-state index in [9.17, 15) is 4.79 Å². The van der Waals surface area contributed by atoms with Gasteiger partial charge in [-0.25, -0.2) is 0 Å². The van der Waals surface area contributed by atoms with E-state index in [1.54, 1.807) is 0 Å². The van der Waals surface area contributed by atoms with E-state index in [-0.39, 0.29) is 26.6 Å². The summed E-state index contributed by atoms with van der Waals surface area (Å²) < 4.78 is 0. The van der Waals surface area contributed by atoms with Crippen molar-refractivity contribution in [1.82, 2.24) is 4.98 Å². The molecule has 3 heteroatoms. The summed E-state index contributed by atoms with van der Waals surface area (Å²) in [7, 11) is 0. The van der Waals surface area contributed by atoms with Gasteiger partial charge in [0.25, 0.3) is 0 Å². The molecule has 2 nitrogen and oxygen atoms in total. The Balaban J connectivity index is 0.00000133. The first kappa shape index (κ1) is 13.8. The second kappa shape index (κ2) is 5.54. The van der Waals surface area contributed by atoms with Crippen LogP contribution in [0.1, 0.15) is 5.56 Å². The van der Waals surface area contributed by atoms with Crippen LogP contribution in [0.4, 0.5) is 0 Å². The minimum Gasteiger partial charge on any atom is -0.345 e. The summed E-state index contributed by atoms with van der Waals surface area (Å²) in [5, 5.41) is 1.03. The van der Waals surface area contributed by atoms with E-state index >= 15 is 0 Å². The minimum atomic E-state index is -0.0347. The first-order valence-electron chi connectivity index (χ1n) is 5.85. The van der Waals surface area contributed by atoms with Crippen molar-refractivity contribution in [2.24, 2.45) is 0 Å². The molecule has 0 aliphatic rings. The van der Waals surface area contributed by atoms with E-state index in [1.165, 1.54) is 0 Å². The molecular weight excluding hydrogens is 406 g/mol.